The van der Waals surface area contributed by atoms with Crippen LogP contribution in [0.3, 0.4) is 0 Å². The molecule has 9 nitrogen and oxygen atoms in total. The largest absolute Gasteiger partial charge is 0.496 e. The number of nitrogens with zero attached hydrogens (tertiary/aromatic N) is 5. The molecule has 1 atom stereocenters. The summed E-state index contributed by atoms with van der Waals surface area (Å²) in [5.74, 6) is -0.190. The van der Waals surface area contributed by atoms with E-state index in [0.29, 0.717) is 22.0 Å². The van der Waals surface area contributed by atoms with Gasteiger partial charge < -0.3 is 15.2 Å². The molecule has 0 fully saturated rings. The van der Waals surface area contributed by atoms with Gasteiger partial charge in [0, 0.05) is 29.2 Å². The van der Waals surface area contributed by atoms with Crippen LogP contribution in [0.4, 0.5) is 18.9 Å². The van der Waals surface area contributed by atoms with Crippen LogP contribution in [0.5, 0.6) is 5.75 Å². The number of alkyl halides is 3. The van der Waals surface area contributed by atoms with E-state index in [-0.39, 0.29) is 16.9 Å². The Balaban J connectivity index is 1.72. The van der Waals surface area contributed by atoms with Crippen molar-refractivity contribution in [2.75, 3.05) is 12.4 Å². The van der Waals surface area contributed by atoms with Gasteiger partial charge in [-0.05, 0) is 24.3 Å². The fourth-order valence-electron chi connectivity index (χ4n) is 3.40. The molecular weight excluding hydrogens is 477 g/mol. The van der Waals surface area contributed by atoms with E-state index in [1.807, 2.05) is 0 Å². The molecule has 0 aliphatic rings. The first-order valence-corrected chi connectivity index (χ1v) is 10.3. The van der Waals surface area contributed by atoms with Gasteiger partial charge in [0.2, 0.25) is 0 Å². The summed E-state index contributed by atoms with van der Waals surface area (Å²) in [5, 5.41) is 21.3. The Bertz CT molecular complexity index is 1340. The normalized spacial score (nSPS) is 12.6. The standard InChI is InChI=1S/C21H18ClF3N6O3/c1-34-17-4-3-12(22)7-14(17)18-16(11-30(29-18)10-13(32)8-21(23,24)25)28-20(33)15-9-27-31-6-2-5-26-19(15)31/h2-7,9,11,13,32H,8,10H2,1H3,(H,28,33). The molecule has 4 rings (SSSR count). The highest BCUT2D eigenvalue weighted by Gasteiger charge is 2.31. The number of fused-ring (bicyclic) bond motifs is 1. The lowest BCUT2D eigenvalue weighted by Gasteiger charge is -2.12. The first-order valence-electron chi connectivity index (χ1n) is 9.90. The molecule has 4 aromatic rings. The fraction of sp³-hybridized carbons (Fsp3) is 0.238. The lowest BCUT2D eigenvalue weighted by atomic mass is 10.1. The number of anilines is 1. The molecule has 3 aromatic heterocycles. The molecule has 1 amide bonds. The van der Waals surface area contributed by atoms with Crippen LogP contribution in [0.1, 0.15) is 16.8 Å². The second-order valence-electron chi connectivity index (χ2n) is 7.33. The number of rotatable bonds is 7. The number of halogens is 4. The molecule has 0 saturated carbocycles. The Morgan fingerprint density at radius 2 is 2.15 bits per heavy atom. The second-order valence-corrected chi connectivity index (χ2v) is 7.77. The van der Waals surface area contributed by atoms with Crippen molar-refractivity contribution in [3.8, 4) is 17.0 Å². The van der Waals surface area contributed by atoms with Crippen molar-refractivity contribution in [3.63, 3.8) is 0 Å². The van der Waals surface area contributed by atoms with Gasteiger partial charge in [-0.3, -0.25) is 9.48 Å². The maximum atomic E-state index is 13.0. The third kappa shape index (κ3) is 5.13. The summed E-state index contributed by atoms with van der Waals surface area (Å²) in [7, 11) is 1.43. The summed E-state index contributed by atoms with van der Waals surface area (Å²) in [6.07, 6.45) is -1.88. The molecule has 1 aromatic carbocycles. The summed E-state index contributed by atoms with van der Waals surface area (Å²) >= 11 is 6.13. The minimum atomic E-state index is -4.54. The molecule has 0 aliphatic carbocycles. The van der Waals surface area contributed by atoms with Gasteiger partial charge in [-0.1, -0.05) is 11.6 Å². The molecule has 2 N–H and O–H groups in total. The van der Waals surface area contributed by atoms with Gasteiger partial charge in [-0.25, -0.2) is 9.50 Å². The fourth-order valence-corrected chi connectivity index (χ4v) is 3.57. The number of aliphatic hydroxyl groups is 1. The van der Waals surface area contributed by atoms with Crippen molar-refractivity contribution in [2.45, 2.75) is 25.2 Å². The highest BCUT2D eigenvalue weighted by molar-refractivity contribution is 6.31. The number of nitrogens with one attached hydrogen (secondary N) is 1. The third-order valence-electron chi connectivity index (χ3n) is 4.82. The number of carbonyl (C=O) groups excluding carboxylic acids is 1. The molecule has 0 aliphatic heterocycles. The zero-order valence-electron chi connectivity index (χ0n) is 17.6. The highest BCUT2D eigenvalue weighted by Crippen LogP contribution is 2.36. The van der Waals surface area contributed by atoms with Crippen LogP contribution < -0.4 is 10.1 Å². The number of aliphatic hydroxyl groups excluding tert-OH is 1. The zero-order valence-corrected chi connectivity index (χ0v) is 18.4. The van der Waals surface area contributed by atoms with Gasteiger partial charge in [0.05, 0.1) is 38.1 Å². The maximum Gasteiger partial charge on any atom is 0.391 e. The van der Waals surface area contributed by atoms with E-state index in [0.717, 1.165) is 4.68 Å². The van der Waals surface area contributed by atoms with Crippen molar-refractivity contribution in [3.05, 3.63) is 59.6 Å². The van der Waals surface area contributed by atoms with E-state index in [9.17, 15) is 23.1 Å². The van der Waals surface area contributed by atoms with Crippen LogP contribution in [-0.2, 0) is 6.54 Å². The van der Waals surface area contributed by atoms with E-state index >= 15 is 0 Å². The number of hydrogen-bond donors (Lipinski definition) is 2. The number of aromatic nitrogens is 5. The molecule has 13 heteroatoms. The first kappa shape index (κ1) is 23.5. The monoisotopic (exact) mass is 494 g/mol. The summed E-state index contributed by atoms with van der Waals surface area (Å²) in [6, 6.07) is 6.39. The van der Waals surface area contributed by atoms with Gasteiger partial charge in [0.15, 0.2) is 5.65 Å². The van der Waals surface area contributed by atoms with Crippen LogP contribution >= 0.6 is 11.6 Å². The highest BCUT2D eigenvalue weighted by atomic mass is 35.5. The number of carbonyl (C=O) groups is 1. The van der Waals surface area contributed by atoms with E-state index in [4.69, 9.17) is 16.3 Å². The van der Waals surface area contributed by atoms with E-state index in [2.05, 4.69) is 20.5 Å². The molecule has 0 saturated heterocycles. The summed E-state index contributed by atoms with van der Waals surface area (Å²) in [5.41, 5.74) is 1.24. The lowest BCUT2D eigenvalue weighted by Crippen LogP contribution is -2.24. The average molecular weight is 495 g/mol. The molecule has 0 spiro atoms. The summed E-state index contributed by atoms with van der Waals surface area (Å²) in [4.78, 5) is 17.2. The second kappa shape index (κ2) is 9.31. The number of amides is 1. The Kier molecular flexibility index (Phi) is 6.44. The van der Waals surface area contributed by atoms with Crippen LogP contribution in [0.15, 0.2) is 49.1 Å². The Hall–Kier alpha value is -3.64. The topological polar surface area (TPSA) is 107 Å². The minimum absolute atomic E-state index is 0.167. The van der Waals surface area contributed by atoms with Crippen LogP contribution in [-0.4, -0.2) is 54.8 Å². The van der Waals surface area contributed by atoms with Gasteiger partial charge in [0.25, 0.3) is 5.91 Å². The molecule has 0 radical (unpaired) electrons. The number of ether oxygens (including phenoxy) is 1. The predicted molar refractivity (Wildman–Crippen MR) is 117 cm³/mol. The Morgan fingerprint density at radius 1 is 1.35 bits per heavy atom. The van der Waals surface area contributed by atoms with E-state index in [1.54, 1.807) is 30.5 Å². The molecule has 0 bridgehead atoms. The summed E-state index contributed by atoms with van der Waals surface area (Å²) in [6.45, 7) is -0.455. The van der Waals surface area contributed by atoms with Crippen molar-refractivity contribution < 1.29 is 27.8 Å². The van der Waals surface area contributed by atoms with E-state index < -0.39 is 31.2 Å². The maximum absolute atomic E-state index is 13.0. The van der Waals surface area contributed by atoms with Gasteiger partial charge >= 0.3 is 6.18 Å². The minimum Gasteiger partial charge on any atom is -0.496 e. The van der Waals surface area contributed by atoms with Gasteiger partial charge in [-0.2, -0.15) is 23.4 Å². The van der Waals surface area contributed by atoms with Crippen molar-refractivity contribution in [1.29, 1.82) is 0 Å². The smallest absolute Gasteiger partial charge is 0.391 e. The summed E-state index contributed by atoms with van der Waals surface area (Å²) < 4.78 is 45.9. The van der Waals surface area contributed by atoms with Crippen molar-refractivity contribution in [2.24, 2.45) is 0 Å². The van der Waals surface area contributed by atoms with Crippen LogP contribution in [0.2, 0.25) is 5.02 Å². The lowest BCUT2D eigenvalue weighted by molar-refractivity contribution is -0.154. The van der Waals surface area contributed by atoms with Crippen molar-refractivity contribution in [1.82, 2.24) is 24.4 Å². The van der Waals surface area contributed by atoms with Crippen LogP contribution in [0, 0.1) is 0 Å². The number of benzene rings is 1. The van der Waals surface area contributed by atoms with Crippen LogP contribution in [0.25, 0.3) is 16.9 Å². The quantitative estimate of drug-likeness (QED) is 0.404. The Morgan fingerprint density at radius 3 is 2.88 bits per heavy atom. The molecule has 1 unspecified atom stereocenters. The number of hydrogen-bond acceptors (Lipinski definition) is 6. The van der Waals surface area contributed by atoms with Crippen molar-refractivity contribution >= 4 is 28.8 Å². The third-order valence-corrected chi connectivity index (χ3v) is 5.05. The first-order chi connectivity index (χ1) is 16.1. The Labute approximate surface area is 195 Å². The molecular formula is C21H18ClF3N6O3. The SMILES string of the molecule is COc1ccc(Cl)cc1-c1nn(CC(O)CC(F)(F)F)cc1NC(=O)c1cnn2cccnc12. The zero-order chi connectivity index (χ0) is 24.5. The van der Waals surface area contributed by atoms with Gasteiger partial charge in [-0.15, -0.1) is 0 Å². The predicted octanol–water partition coefficient (Wildman–Crippen LogP) is 3.82. The number of methoxy groups -OCH3 is 1. The molecule has 178 valence electrons. The molecule has 3 heterocycles. The molecule has 34 heavy (non-hydrogen) atoms. The van der Waals surface area contributed by atoms with Gasteiger partial charge in [0.1, 0.15) is 17.0 Å². The average Bonchev–Trinajstić information content (AvgIpc) is 3.36. The van der Waals surface area contributed by atoms with E-state index in [1.165, 1.54) is 30.2 Å².